The summed E-state index contributed by atoms with van der Waals surface area (Å²) in [6.07, 6.45) is 3.96. The minimum absolute atomic E-state index is 0.163. The number of piperidine rings is 1. The maximum absolute atomic E-state index is 15.3. The van der Waals surface area contributed by atoms with Crippen molar-refractivity contribution in [3.63, 3.8) is 0 Å². The molecule has 24 heavy (non-hydrogen) atoms. The second-order valence-corrected chi connectivity index (χ2v) is 7.19. The molecule has 5 rings (SSSR count). The highest BCUT2D eigenvalue weighted by Crippen LogP contribution is 2.44. The molecule has 5 atom stereocenters. The molecule has 3 fully saturated rings. The van der Waals surface area contributed by atoms with E-state index in [2.05, 4.69) is 16.8 Å². The zero-order chi connectivity index (χ0) is 16.7. The third kappa shape index (κ3) is 2.57. The van der Waals surface area contributed by atoms with Crippen LogP contribution in [-0.2, 0) is 0 Å². The fourth-order valence-electron chi connectivity index (χ4n) is 4.70. The molecule has 4 heteroatoms. The summed E-state index contributed by atoms with van der Waals surface area (Å²) in [5, 5.41) is 1.02. The van der Waals surface area contributed by atoms with Gasteiger partial charge in [-0.25, -0.2) is 4.39 Å². The molecule has 0 aliphatic carbocycles. The number of fused-ring (bicyclic) bond motifs is 5. The predicted octanol–water partition coefficient (Wildman–Crippen LogP) is 4.37. The van der Waals surface area contributed by atoms with Gasteiger partial charge in [-0.2, -0.15) is 0 Å². The first-order valence-electron chi connectivity index (χ1n) is 9.02. The lowest BCUT2D eigenvalue weighted by Gasteiger charge is -2.37. The minimum atomic E-state index is -0.814. The second kappa shape index (κ2) is 6.32. The molecule has 0 N–H and O–H groups in total. The SMILES string of the molecule is CC[C@H]1CN2CC[C@H]1C[C@@H](F)[C@@H]2c1ccnc2ccc(OC)cc12. The third-order valence-electron chi connectivity index (χ3n) is 6.01. The van der Waals surface area contributed by atoms with E-state index in [9.17, 15) is 0 Å². The number of halogens is 1. The van der Waals surface area contributed by atoms with Gasteiger partial charge in [0.2, 0.25) is 0 Å². The quantitative estimate of drug-likeness (QED) is 0.836. The number of alkyl halides is 1. The molecule has 0 spiro atoms. The molecule has 4 heterocycles. The Morgan fingerprint density at radius 2 is 2.21 bits per heavy atom. The molecule has 1 aromatic heterocycles. The van der Waals surface area contributed by atoms with Crippen LogP contribution in [0.1, 0.15) is 37.8 Å². The van der Waals surface area contributed by atoms with Gasteiger partial charge < -0.3 is 4.74 Å². The van der Waals surface area contributed by atoms with Crippen LogP contribution in [0.2, 0.25) is 0 Å². The predicted molar refractivity (Wildman–Crippen MR) is 94.0 cm³/mol. The summed E-state index contributed by atoms with van der Waals surface area (Å²) in [6, 6.07) is 7.71. The van der Waals surface area contributed by atoms with Crippen LogP contribution in [0.3, 0.4) is 0 Å². The second-order valence-electron chi connectivity index (χ2n) is 7.19. The standard InChI is InChI=1S/C20H25FN2O/c1-3-13-12-23-9-7-14(13)10-18(21)20(23)16-6-8-22-19-5-4-15(24-2)11-17(16)19/h4-6,8,11,13-14,18,20H,3,7,9-10,12H2,1-2H3/t13-,14-,18+,20-/m0/s1. The Labute approximate surface area is 142 Å². The van der Waals surface area contributed by atoms with E-state index in [-0.39, 0.29) is 6.04 Å². The summed E-state index contributed by atoms with van der Waals surface area (Å²) in [5.41, 5.74) is 1.97. The van der Waals surface area contributed by atoms with Crippen LogP contribution >= 0.6 is 0 Å². The van der Waals surface area contributed by atoms with E-state index in [0.29, 0.717) is 18.3 Å². The number of nitrogens with zero attached hydrogens (tertiary/aromatic N) is 2. The Kier molecular flexibility index (Phi) is 4.17. The Balaban J connectivity index is 1.81. The third-order valence-corrected chi connectivity index (χ3v) is 6.01. The van der Waals surface area contributed by atoms with E-state index in [4.69, 9.17) is 4.74 Å². The largest absolute Gasteiger partial charge is 0.497 e. The highest BCUT2D eigenvalue weighted by Gasteiger charge is 2.42. The monoisotopic (exact) mass is 328 g/mol. The van der Waals surface area contributed by atoms with E-state index in [1.54, 1.807) is 7.11 Å². The maximum Gasteiger partial charge on any atom is 0.120 e. The summed E-state index contributed by atoms with van der Waals surface area (Å²) in [4.78, 5) is 6.83. The topological polar surface area (TPSA) is 25.4 Å². The van der Waals surface area contributed by atoms with Crippen LogP contribution in [0, 0.1) is 11.8 Å². The molecule has 3 aliphatic heterocycles. The van der Waals surface area contributed by atoms with Crippen LogP contribution in [0.4, 0.5) is 4.39 Å². The number of rotatable bonds is 3. The molecule has 1 aromatic carbocycles. The molecular formula is C20H25FN2O. The number of hydrogen-bond donors (Lipinski definition) is 0. The summed E-state index contributed by atoms with van der Waals surface area (Å²) in [5.74, 6) is 1.96. The van der Waals surface area contributed by atoms with Gasteiger partial charge in [-0.05, 0) is 61.1 Å². The van der Waals surface area contributed by atoms with E-state index in [1.165, 1.54) is 0 Å². The van der Waals surface area contributed by atoms with E-state index >= 15 is 4.39 Å². The Hall–Kier alpha value is -1.68. The van der Waals surface area contributed by atoms with Crippen LogP contribution in [0.5, 0.6) is 5.75 Å². The number of aromatic nitrogens is 1. The molecule has 0 saturated carbocycles. The van der Waals surface area contributed by atoms with Gasteiger partial charge in [-0.15, -0.1) is 0 Å². The van der Waals surface area contributed by atoms with Crippen molar-refractivity contribution >= 4 is 10.9 Å². The van der Waals surface area contributed by atoms with Crippen molar-refractivity contribution < 1.29 is 9.13 Å². The van der Waals surface area contributed by atoms with Crippen molar-refractivity contribution in [1.29, 1.82) is 0 Å². The molecule has 128 valence electrons. The van der Waals surface area contributed by atoms with Gasteiger partial charge in [0.05, 0.1) is 18.7 Å². The molecule has 0 radical (unpaired) electrons. The fourth-order valence-corrected chi connectivity index (χ4v) is 4.70. The molecule has 3 aliphatic rings. The van der Waals surface area contributed by atoms with Gasteiger partial charge in [0.25, 0.3) is 0 Å². The number of hydrogen-bond acceptors (Lipinski definition) is 3. The molecule has 3 saturated heterocycles. The van der Waals surface area contributed by atoms with Crippen molar-refractivity contribution in [3.05, 3.63) is 36.0 Å². The Bertz CT molecular complexity index is 735. The van der Waals surface area contributed by atoms with E-state index in [0.717, 1.165) is 48.1 Å². The van der Waals surface area contributed by atoms with Crippen molar-refractivity contribution in [2.45, 2.75) is 38.4 Å². The normalized spacial score (nSPS) is 32.7. The van der Waals surface area contributed by atoms with Gasteiger partial charge in [0.15, 0.2) is 0 Å². The van der Waals surface area contributed by atoms with Crippen molar-refractivity contribution in [2.75, 3.05) is 20.2 Å². The highest BCUT2D eigenvalue weighted by atomic mass is 19.1. The van der Waals surface area contributed by atoms with Gasteiger partial charge in [-0.1, -0.05) is 13.3 Å². The van der Waals surface area contributed by atoms with Crippen LogP contribution in [0.15, 0.2) is 30.5 Å². The molecule has 3 nitrogen and oxygen atoms in total. The number of pyridine rings is 1. The first-order chi connectivity index (χ1) is 11.7. The number of methoxy groups -OCH3 is 1. The minimum Gasteiger partial charge on any atom is -0.497 e. The van der Waals surface area contributed by atoms with Crippen LogP contribution in [-0.4, -0.2) is 36.3 Å². The van der Waals surface area contributed by atoms with Crippen LogP contribution < -0.4 is 4.74 Å². The Morgan fingerprint density at radius 1 is 1.33 bits per heavy atom. The first-order valence-corrected chi connectivity index (χ1v) is 9.02. The lowest BCUT2D eigenvalue weighted by Crippen LogP contribution is -2.39. The van der Waals surface area contributed by atoms with Gasteiger partial charge in [-0.3, -0.25) is 9.88 Å². The van der Waals surface area contributed by atoms with Gasteiger partial charge in [0.1, 0.15) is 11.9 Å². The fraction of sp³-hybridized carbons (Fsp3) is 0.550. The average Bonchev–Trinajstić information content (AvgIpc) is 2.86. The lowest BCUT2D eigenvalue weighted by atomic mass is 9.83. The average molecular weight is 328 g/mol. The molecule has 2 bridgehead atoms. The molecule has 1 unspecified atom stereocenters. The lowest BCUT2D eigenvalue weighted by molar-refractivity contribution is 0.0996. The van der Waals surface area contributed by atoms with Gasteiger partial charge >= 0.3 is 0 Å². The van der Waals surface area contributed by atoms with E-state index < -0.39 is 6.17 Å². The first kappa shape index (κ1) is 15.8. The van der Waals surface area contributed by atoms with Crippen molar-refractivity contribution in [1.82, 2.24) is 9.88 Å². The number of ether oxygens (including phenoxy) is 1. The number of benzene rings is 1. The summed E-state index contributed by atoms with van der Waals surface area (Å²) in [7, 11) is 1.66. The van der Waals surface area contributed by atoms with Crippen molar-refractivity contribution in [2.24, 2.45) is 11.8 Å². The molecular weight excluding hydrogens is 303 g/mol. The highest BCUT2D eigenvalue weighted by molar-refractivity contribution is 5.84. The van der Waals surface area contributed by atoms with Crippen LogP contribution in [0.25, 0.3) is 10.9 Å². The maximum atomic E-state index is 15.3. The summed E-state index contributed by atoms with van der Waals surface area (Å²) >= 11 is 0. The zero-order valence-electron chi connectivity index (χ0n) is 14.4. The van der Waals surface area contributed by atoms with E-state index in [1.807, 2.05) is 30.5 Å². The smallest absolute Gasteiger partial charge is 0.120 e. The molecule has 0 amide bonds. The summed E-state index contributed by atoms with van der Waals surface area (Å²) in [6.45, 7) is 4.25. The zero-order valence-corrected chi connectivity index (χ0v) is 14.4. The van der Waals surface area contributed by atoms with Gasteiger partial charge in [0, 0.05) is 18.1 Å². The Morgan fingerprint density at radius 3 is 3.00 bits per heavy atom. The van der Waals surface area contributed by atoms with Crippen molar-refractivity contribution in [3.8, 4) is 5.75 Å². The molecule has 2 aromatic rings. The summed E-state index contributed by atoms with van der Waals surface area (Å²) < 4.78 is 20.6.